The standard InChI is InChI=1S/CH4N2O.Cu.H2O4S/c2-1(3)4;;1-5(2,3)4/h(H4,2,3,4);;(H2,1,2,3,4)/q;+2;/p-2. The van der Waals surface area contributed by atoms with Crippen molar-refractivity contribution in [3.05, 3.63) is 0 Å². The minimum atomic E-state index is -5.17. The van der Waals surface area contributed by atoms with Crippen molar-refractivity contribution in [3.8, 4) is 0 Å². The second kappa shape index (κ2) is 6.77. The minimum absolute atomic E-state index is 0. The first kappa shape index (κ1) is 16.3. The van der Waals surface area contributed by atoms with Gasteiger partial charge in [-0.15, -0.1) is 0 Å². The second-order valence-corrected chi connectivity index (χ2v) is 1.63. The molecule has 10 heavy (non-hydrogen) atoms. The van der Waals surface area contributed by atoms with Gasteiger partial charge < -0.3 is 20.6 Å². The second-order valence-electron chi connectivity index (χ2n) is 0.811. The Hall–Kier alpha value is -0.341. The molecule has 7 nitrogen and oxygen atoms in total. The Balaban J connectivity index is -0.0000000910. The van der Waals surface area contributed by atoms with Crippen LogP contribution < -0.4 is 11.5 Å². The third kappa shape index (κ3) is 2930. The average molecular weight is 220 g/mol. The molecule has 0 unspecified atom stereocenters. The monoisotopic (exact) mass is 219 g/mol. The minimum Gasteiger partial charge on any atom is -0.759 e. The van der Waals surface area contributed by atoms with Crippen molar-refractivity contribution in [1.82, 2.24) is 0 Å². The first-order valence-corrected chi connectivity index (χ1v) is 2.78. The topological polar surface area (TPSA) is 149 Å². The summed E-state index contributed by atoms with van der Waals surface area (Å²) < 4.78 is 34.1. The van der Waals surface area contributed by atoms with Crippen molar-refractivity contribution in [2.75, 3.05) is 0 Å². The fourth-order valence-electron chi connectivity index (χ4n) is 0. The Morgan fingerprint density at radius 2 is 1.20 bits per heavy atom. The quantitative estimate of drug-likeness (QED) is 0.266. The molecule has 0 bridgehead atoms. The number of carbonyl (C=O) groups excluding carboxylic acids is 1. The molecule has 4 N–H and O–H groups in total. The van der Waals surface area contributed by atoms with Gasteiger partial charge in [-0.25, -0.2) is 4.79 Å². The van der Waals surface area contributed by atoms with E-state index < -0.39 is 16.4 Å². The van der Waals surface area contributed by atoms with Crippen LogP contribution in [0.4, 0.5) is 4.79 Å². The van der Waals surface area contributed by atoms with Gasteiger partial charge in [0.1, 0.15) is 0 Å². The molecule has 0 heterocycles. The Labute approximate surface area is 67.8 Å². The van der Waals surface area contributed by atoms with E-state index in [4.69, 9.17) is 22.3 Å². The molecule has 0 atom stereocenters. The van der Waals surface area contributed by atoms with E-state index in [2.05, 4.69) is 11.5 Å². The number of rotatable bonds is 0. The molecule has 2 amide bonds. The molecule has 0 aromatic heterocycles. The molecule has 0 aromatic carbocycles. The first-order valence-electron chi connectivity index (χ1n) is 1.45. The van der Waals surface area contributed by atoms with Gasteiger partial charge in [-0.05, 0) is 0 Å². The van der Waals surface area contributed by atoms with Crippen molar-refractivity contribution in [1.29, 1.82) is 0 Å². The van der Waals surface area contributed by atoms with Gasteiger partial charge >= 0.3 is 23.1 Å². The maximum atomic E-state index is 9.00. The van der Waals surface area contributed by atoms with Crippen molar-refractivity contribution >= 4 is 16.4 Å². The number of urea groups is 1. The van der Waals surface area contributed by atoms with E-state index in [0.29, 0.717) is 0 Å². The summed E-state index contributed by atoms with van der Waals surface area (Å²) >= 11 is 0. The third-order valence-corrected chi connectivity index (χ3v) is 0. The van der Waals surface area contributed by atoms with Gasteiger partial charge in [-0.3, -0.25) is 8.42 Å². The normalized spacial score (nSPS) is 8.20. The molecule has 0 aliphatic carbocycles. The fraction of sp³-hybridized carbons (Fsp3) is 0. The van der Waals surface area contributed by atoms with Gasteiger partial charge in [0.15, 0.2) is 0 Å². The van der Waals surface area contributed by atoms with Crippen molar-refractivity contribution in [2.24, 2.45) is 11.5 Å². The number of hydrogen-bond donors (Lipinski definition) is 2. The van der Waals surface area contributed by atoms with Crippen LogP contribution in [-0.4, -0.2) is 23.6 Å². The van der Waals surface area contributed by atoms with Gasteiger partial charge in [0.25, 0.3) is 0 Å². The van der Waals surface area contributed by atoms with Crippen LogP contribution >= 0.6 is 0 Å². The van der Waals surface area contributed by atoms with Crippen LogP contribution in [0, 0.1) is 0 Å². The summed E-state index contributed by atoms with van der Waals surface area (Å²) in [7, 11) is -5.17. The Bertz CT molecular complexity index is 162. The third-order valence-electron chi connectivity index (χ3n) is 0. The Morgan fingerprint density at radius 3 is 1.20 bits per heavy atom. The van der Waals surface area contributed by atoms with Crippen LogP contribution in [0.15, 0.2) is 0 Å². The zero-order valence-electron chi connectivity index (χ0n) is 4.41. The van der Waals surface area contributed by atoms with E-state index in [1.54, 1.807) is 0 Å². The summed E-state index contributed by atoms with van der Waals surface area (Å²) in [6, 6.07) is -0.833. The van der Waals surface area contributed by atoms with Gasteiger partial charge in [0, 0.05) is 10.4 Å². The molecular weight excluding hydrogens is 216 g/mol. The molecule has 1 radical (unpaired) electrons. The number of carbonyl (C=O) groups is 1. The molecular formula is CH4CuN2O5S. The number of amides is 2. The predicted octanol–water partition coefficient (Wildman–Crippen LogP) is -2.32. The molecule has 0 saturated heterocycles. The zero-order valence-corrected chi connectivity index (χ0v) is 6.16. The molecule has 0 aliphatic rings. The summed E-state index contributed by atoms with van der Waals surface area (Å²) in [6.07, 6.45) is 0. The Morgan fingerprint density at radius 1 is 1.20 bits per heavy atom. The summed E-state index contributed by atoms with van der Waals surface area (Å²) in [5, 5.41) is 0. The van der Waals surface area contributed by atoms with Gasteiger partial charge in [-0.1, -0.05) is 0 Å². The number of hydrogen-bond acceptors (Lipinski definition) is 5. The molecule has 0 saturated carbocycles. The molecule has 9 heteroatoms. The van der Waals surface area contributed by atoms with Crippen LogP contribution in [0.25, 0.3) is 0 Å². The first-order chi connectivity index (χ1) is 3.73. The summed E-state index contributed by atoms with van der Waals surface area (Å²) in [6.45, 7) is 0. The van der Waals surface area contributed by atoms with E-state index >= 15 is 0 Å². The maximum absolute atomic E-state index is 9.00. The van der Waals surface area contributed by atoms with Crippen molar-refractivity contribution < 1.29 is 39.4 Å². The van der Waals surface area contributed by atoms with Crippen LogP contribution in [0.1, 0.15) is 0 Å². The van der Waals surface area contributed by atoms with E-state index in [-0.39, 0.29) is 17.1 Å². The Kier molecular flexibility index (Phi) is 11.1. The SMILES string of the molecule is NC(N)=O.O=S(=O)([O-])[O-].[Cu+2]. The summed E-state index contributed by atoms with van der Waals surface area (Å²) in [5.74, 6) is 0. The van der Waals surface area contributed by atoms with Gasteiger partial charge in [-0.2, -0.15) is 0 Å². The van der Waals surface area contributed by atoms with Crippen LogP contribution in [-0.2, 0) is 27.5 Å². The molecule has 65 valence electrons. The summed E-state index contributed by atoms with van der Waals surface area (Å²) in [5.41, 5.74) is 8.50. The molecule has 0 fully saturated rings. The molecule has 0 aromatic rings. The van der Waals surface area contributed by atoms with Crippen molar-refractivity contribution in [3.63, 3.8) is 0 Å². The predicted molar refractivity (Wildman–Crippen MR) is 24.2 cm³/mol. The van der Waals surface area contributed by atoms with E-state index in [1.807, 2.05) is 0 Å². The summed E-state index contributed by atoms with van der Waals surface area (Å²) in [4.78, 5) is 9.00. The van der Waals surface area contributed by atoms with E-state index in [9.17, 15) is 0 Å². The molecule has 0 spiro atoms. The average Bonchev–Trinajstić information content (AvgIpc) is 1.19. The molecule has 0 aliphatic heterocycles. The number of primary amides is 2. The maximum Gasteiger partial charge on any atom is 2.00 e. The van der Waals surface area contributed by atoms with Gasteiger partial charge in [0.2, 0.25) is 0 Å². The van der Waals surface area contributed by atoms with E-state index in [0.717, 1.165) is 0 Å². The van der Waals surface area contributed by atoms with Crippen LogP contribution in [0.5, 0.6) is 0 Å². The number of nitrogens with two attached hydrogens (primary N) is 2. The molecule has 0 rings (SSSR count). The largest absolute Gasteiger partial charge is 2.00 e. The van der Waals surface area contributed by atoms with Crippen molar-refractivity contribution in [2.45, 2.75) is 0 Å². The fourth-order valence-corrected chi connectivity index (χ4v) is 0. The smallest absolute Gasteiger partial charge is 0.759 e. The van der Waals surface area contributed by atoms with Crippen LogP contribution in [0.3, 0.4) is 0 Å². The van der Waals surface area contributed by atoms with Gasteiger partial charge in [0.05, 0.1) is 0 Å². The zero-order chi connectivity index (χ0) is 8.08. The van der Waals surface area contributed by atoms with Crippen LogP contribution in [0.2, 0.25) is 0 Å². The van der Waals surface area contributed by atoms with E-state index in [1.165, 1.54) is 0 Å².